The summed E-state index contributed by atoms with van der Waals surface area (Å²) in [6.07, 6.45) is 0. The average molecular weight is 312 g/mol. The molecule has 23 heavy (non-hydrogen) atoms. The van der Waals surface area contributed by atoms with E-state index in [2.05, 4.69) is 10.6 Å². The number of hydrogen-bond acceptors (Lipinski definition) is 3. The number of nitrogens with one attached hydrogen (secondary N) is 2. The van der Waals surface area contributed by atoms with E-state index in [1.165, 1.54) is 0 Å². The van der Waals surface area contributed by atoms with Gasteiger partial charge in [-0.25, -0.2) is 0 Å². The van der Waals surface area contributed by atoms with Gasteiger partial charge in [-0.3, -0.25) is 9.59 Å². The van der Waals surface area contributed by atoms with Crippen molar-refractivity contribution < 1.29 is 14.7 Å². The SMILES string of the molecule is Cc1ccccc1NC(=O)C(=O)NCC(C)(O)c1ccccc1. The number of para-hydroxylation sites is 1. The number of carbonyl (C=O) groups is 2. The molecule has 5 heteroatoms. The summed E-state index contributed by atoms with van der Waals surface area (Å²) in [6, 6.07) is 16.2. The number of aliphatic hydroxyl groups is 1. The van der Waals surface area contributed by atoms with Gasteiger partial charge < -0.3 is 15.7 Å². The molecule has 0 aliphatic carbocycles. The third-order valence-electron chi connectivity index (χ3n) is 3.59. The van der Waals surface area contributed by atoms with Crippen LogP contribution < -0.4 is 10.6 Å². The predicted molar refractivity (Wildman–Crippen MR) is 88.8 cm³/mol. The predicted octanol–water partition coefficient (Wildman–Crippen LogP) is 1.96. The molecule has 0 radical (unpaired) electrons. The van der Waals surface area contributed by atoms with Crippen LogP contribution in [0.15, 0.2) is 54.6 Å². The maximum atomic E-state index is 11.9. The van der Waals surface area contributed by atoms with E-state index in [1.807, 2.05) is 25.1 Å². The van der Waals surface area contributed by atoms with Gasteiger partial charge in [0.15, 0.2) is 0 Å². The van der Waals surface area contributed by atoms with E-state index in [1.54, 1.807) is 43.3 Å². The largest absolute Gasteiger partial charge is 0.384 e. The summed E-state index contributed by atoms with van der Waals surface area (Å²) in [5.41, 5.74) is 0.867. The molecule has 0 bridgehead atoms. The van der Waals surface area contributed by atoms with Crippen molar-refractivity contribution in [3.05, 3.63) is 65.7 Å². The van der Waals surface area contributed by atoms with Crippen LogP contribution in [0.25, 0.3) is 0 Å². The Kier molecular flexibility index (Phi) is 5.13. The summed E-state index contributed by atoms with van der Waals surface area (Å²) >= 11 is 0. The van der Waals surface area contributed by atoms with E-state index < -0.39 is 17.4 Å². The molecule has 0 aliphatic rings. The van der Waals surface area contributed by atoms with Gasteiger partial charge in [-0.1, -0.05) is 48.5 Å². The normalized spacial score (nSPS) is 13.0. The Hall–Kier alpha value is -2.66. The third kappa shape index (κ3) is 4.40. The lowest BCUT2D eigenvalue weighted by atomic mass is 9.96. The molecule has 0 fully saturated rings. The summed E-state index contributed by atoms with van der Waals surface area (Å²) in [7, 11) is 0. The Balaban J connectivity index is 1.94. The van der Waals surface area contributed by atoms with Gasteiger partial charge >= 0.3 is 11.8 Å². The molecule has 2 amide bonds. The van der Waals surface area contributed by atoms with Crippen LogP contribution in [0, 0.1) is 6.92 Å². The fourth-order valence-electron chi connectivity index (χ4n) is 2.12. The molecule has 5 nitrogen and oxygen atoms in total. The molecule has 0 spiro atoms. The molecular weight excluding hydrogens is 292 g/mol. The monoisotopic (exact) mass is 312 g/mol. The molecule has 2 aromatic carbocycles. The Morgan fingerprint density at radius 2 is 1.61 bits per heavy atom. The number of anilines is 1. The first-order chi connectivity index (χ1) is 10.9. The first-order valence-corrected chi connectivity index (χ1v) is 7.33. The molecule has 0 aliphatic heterocycles. The van der Waals surface area contributed by atoms with E-state index in [9.17, 15) is 14.7 Å². The second-order valence-corrected chi connectivity index (χ2v) is 5.59. The van der Waals surface area contributed by atoms with E-state index >= 15 is 0 Å². The number of rotatable bonds is 4. The molecular formula is C18H20N2O3. The zero-order valence-corrected chi connectivity index (χ0v) is 13.2. The fourth-order valence-corrected chi connectivity index (χ4v) is 2.12. The van der Waals surface area contributed by atoms with Crippen molar-refractivity contribution in [3.8, 4) is 0 Å². The Labute approximate surface area is 135 Å². The van der Waals surface area contributed by atoms with Gasteiger partial charge in [-0.05, 0) is 31.0 Å². The number of amides is 2. The average Bonchev–Trinajstić information content (AvgIpc) is 2.55. The number of benzene rings is 2. The molecule has 0 saturated heterocycles. The standard InChI is InChI=1S/C18H20N2O3/c1-13-8-6-7-11-15(13)20-17(22)16(21)19-12-18(2,23)14-9-4-3-5-10-14/h3-11,23H,12H2,1-2H3,(H,19,21)(H,20,22). The Bertz CT molecular complexity index is 696. The molecule has 0 saturated carbocycles. The summed E-state index contributed by atoms with van der Waals surface area (Å²) < 4.78 is 0. The van der Waals surface area contributed by atoms with Crippen molar-refractivity contribution >= 4 is 17.5 Å². The lowest BCUT2D eigenvalue weighted by Gasteiger charge is -2.24. The van der Waals surface area contributed by atoms with Crippen LogP contribution in [-0.4, -0.2) is 23.5 Å². The van der Waals surface area contributed by atoms with E-state index in [0.29, 0.717) is 11.3 Å². The van der Waals surface area contributed by atoms with Crippen LogP contribution in [-0.2, 0) is 15.2 Å². The van der Waals surface area contributed by atoms with Crippen LogP contribution in [0.4, 0.5) is 5.69 Å². The van der Waals surface area contributed by atoms with Gasteiger partial charge in [0, 0.05) is 5.69 Å². The summed E-state index contributed by atoms with van der Waals surface area (Å²) in [6.45, 7) is 3.37. The maximum Gasteiger partial charge on any atom is 0.313 e. The molecule has 3 N–H and O–H groups in total. The van der Waals surface area contributed by atoms with Crippen molar-refractivity contribution in [1.82, 2.24) is 5.32 Å². The first-order valence-electron chi connectivity index (χ1n) is 7.33. The maximum absolute atomic E-state index is 11.9. The second kappa shape index (κ2) is 7.07. The van der Waals surface area contributed by atoms with Crippen LogP contribution in [0.5, 0.6) is 0 Å². The summed E-state index contributed by atoms with van der Waals surface area (Å²) in [5.74, 6) is -1.55. The van der Waals surface area contributed by atoms with Crippen molar-refractivity contribution in [2.75, 3.05) is 11.9 Å². The van der Waals surface area contributed by atoms with Crippen LogP contribution in [0.3, 0.4) is 0 Å². The zero-order chi connectivity index (χ0) is 16.9. The van der Waals surface area contributed by atoms with Gasteiger partial charge in [-0.15, -0.1) is 0 Å². The van der Waals surface area contributed by atoms with Crippen LogP contribution in [0.2, 0.25) is 0 Å². The molecule has 0 aromatic heterocycles. The quantitative estimate of drug-likeness (QED) is 0.755. The highest BCUT2D eigenvalue weighted by Gasteiger charge is 2.25. The van der Waals surface area contributed by atoms with E-state index in [0.717, 1.165) is 5.56 Å². The third-order valence-corrected chi connectivity index (χ3v) is 3.59. The van der Waals surface area contributed by atoms with Crippen LogP contribution >= 0.6 is 0 Å². The lowest BCUT2D eigenvalue weighted by molar-refractivity contribution is -0.136. The highest BCUT2D eigenvalue weighted by Crippen LogP contribution is 2.19. The van der Waals surface area contributed by atoms with Crippen LogP contribution in [0.1, 0.15) is 18.1 Å². The smallest absolute Gasteiger partial charge is 0.313 e. The summed E-state index contributed by atoms with van der Waals surface area (Å²) in [5, 5.41) is 15.4. The van der Waals surface area contributed by atoms with E-state index in [-0.39, 0.29) is 6.54 Å². The number of hydrogen-bond donors (Lipinski definition) is 3. The molecule has 0 heterocycles. The molecule has 2 aromatic rings. The molecule has 120 valence electrons. The van der Waals surface area contributed by atoms with Crippen molar-refractivity contribution in [2.45, 2.75) is 19.4 Å². The molecule has 2 rings (SSSR count). The van der Waals surface area contributed by atoms with Crippen molar-refractivity contribution in [1.29, 1.82) is 0 Å². The van der Waals surface area contributed by atoms with Crippen molar-refractivity contribution in [3.63, 3.8) is 0 Å². The minimum atomic E-state index is -1.25. The van der Waals surface area contributed by atoms with Gasteiger partial charge in [0.25, 0.3) is 0 Å². The zero-order valence-electron chi connectivity index (χ0n) is 13.2. The number of carbonyl (C=O) groups excluding carboxylic acids is 2. The second-order valence-electron chi connectivity index (χ2n) is 5.59. The van der Waals surface area contributed by atoms with Gasteiger partial charge in [-0.2, -0.15) is 0 Å². The molecule has 1 unspecified atom stereocenters. The highest BCUT2D eigenvalue weighted by molar-refractivity contribution is 6.39. The minimum absolute atomic E-state index is 0.0585. The van der Waals surface area contributed by atoms with Gasteiger partial charge in [0.2, 0.25) is 0 Å². The highest BCUT2D eigenvalue weighted by atomic mass is 16.3. The Morgan fingerprint density at radius 3 is 2.26 bits per heavy atom. The lowest BCUT2D eigenvalue weighted by Crippen LogP contribution is -2.43. The minimum Gasteiger partial charge on any atom is -0.384 e. The topological polar surface area (TPSA) is 78.4 Å². The van der Waals surface area contributed by atoms with Gasteiger partial charge in [0.1, 0.15) is 5.60 Å². The van der Waals surface area contributed by atoms with Gasteiger partial charge in [0.05, 0.1) is 6.54 Å². The van der Waals surface area contributed by atoms with Crippen molar-refractivity contribution in [2.24, 2.45) is 0 Å². The fraction of sp³-hybridized carbons (Fsp3) is 0.222. The molecule has 1 atom stereocenters. The first kappa shape index (κ1) is 16.7. The summed E-state index contributed by atoms with van der Waals surface area (Å²) in [4.78, 5) is 23.8. The van der Waals surface area contributed by atoms with E-state index in [4.69, 9.17) is 0 Å². The number of aryl methyl sites for hydroxylation is 1. The Morgan fingerprint density at radius 1 is 1.00 bits per heavy atom.